The fourth-order valence-electron chi connectivity index (χ4n) is 5.71. The molecule has 2 fully saturated rings. The van der Waals surface area contributed by atoms with Crippen molar-refractivity contribution in [1.82, 2.24) is 14.7 Å². The van der Waals surface area contributed by atoms with Crippen LogP contribution in [-0.4, -0.2) is 30.5 Å². The zero-order chi connectivity index (χ0) is 32.0. The molecule has 3 N–H and O–H groups in total. The maximum atomic E-state index is 12.7. The van der Waals surface area contributed by atoms with Crippen molar-refractivity contribution in [3.05, 3.63) is 74.7 Å². The van der Waals surface area contributed by atoms with Crippen molar-refractivity contribution in [3.63, 3.8) is 0 Å². The fourth-order valence-corrected chi connectivity index (χ4v) is 7.96. The van der Waals surface area contributed by atoms with Gasteiger partial charge in [0.2, 0.25) is 10.0 Å². The molecule has 2 aliphatic rings. The van der Waals surface area contributed by atoms with E-state index in [0.29, 0.717) is 37.9 Å². The zero-order valence-corrected chi connectivity index (χ0v) is 29.1. The SMILES string of the molecule is C[C@@H]1CCCC[C@@H]1N.C[C@@H]1CCCC[C@@H]1NS(=O)(=O)c1ccc2c(Cl)cnc(Cl)c2c1.Cc1ccc2c(Cl)cnc(Cl)c2c1. The maximum absolute atomic E-state index is 12.7. The van der Waals surface area contributed by atoms with Crippen molar-refractivity contribution in [2.45, 2.75) is 89.1 Å². The van der Waals surface area contributed by atoms with E-state index in [1.807, 2.05) is 25.1 Å². The zero-order valence-electron chi connectivity index (χ0n) is 25.3. The van der Waals surface area contributed by atoms with Crippen LogP contribution in [0.2, 0.25) is 20.4 Å². The molecule has 238 valence electrons. The van der Waals surface area contributed by atoms with Crippen molar-refractivity contribution < 1.29 is 8.42 Å². The Balaban J connectivity index is 0.000000175. The number of halogens is 4. The van der Waals surface area contributed by atoms with Crippen molar-refractivity contribution in [2.75, 3.05) is 0 Å². The van der Waals surface area contributed by atoms with Gasteiger partial charge in [-0.25, -0.2) is 23.1 Å². The standard InChI is InChI=1S/C16H18Cl2N2O2S.C10H7Cl2N.C7H15N/c1-10-4-2-3-5-15(10)20-23(21,22)11-6-7-12-13(8-11)16(18)19-9-14(12)17;1-6-2-3-7-8(4-6)10(12)13-5-9(7)11;1-6-4-2-3-5-7(6)8/h6-10,15,20H,2-5H2,1H3;2-5H,1H3;6-7H,2-5,8H2,1H3/t10-,15+;;6-,7+/m1.1/s1. The highest BCUT2D eigenvalue weighted by atomic mass is 35.5. The van der Waals surface area contributed by atoms with E-state index in [0.717, 1.165) is 47.9 Å². The van der Waals surface area contributed by atoms with Crippen molar-refractivity contribution in [2.24, 2.45) is 17.6 Å². The molecule has 6 rings (SSSR count). The molecule has 4 atom stereocenters. The van der Waals surface area contributed by atoms with Gasteiger partial charge in [0.25, 0.3) is 0 Å². The summed E-state index contributed by atoms with van der Waals surface area (Å²) < 4.78 is 28.2. The number of rotatable bonds is 3. The number of pyridine rings is 2. The van der Waals surface area contributed by atoms with Gasteiger partial charge in [-0.2, -0.15) is 0 Å². The summed E-state index contributed by atoms with van der Waals surface area (Å²) in [5, 5.41) is 4.93. The highest BCUT2D eigenvalue weighted by Crippen LogP contribution is 2.31. The Morgan fingerprint density at radius 3 is 1.80 bits per heavy atom. The molecule has 0 aliphatic heterocycles. The molecular weight excluding hydrogens is 658 g/mol. The van der Waals surface area contributed by atoms with Gasteiger partial charge in [-0.1, -0.05) is 110 Å². The fraction of sp³-hybridized carbons (Fsp3) is 0.455. The molecule has 2 aliphatic carbocycles. The van der Waals surface area contributed by atoms with Crippen LogP contribution < -0.4 is 10.5 Å². The van der Waals surface area contributed by atoms with Crippen LogP contribution >= 0.6 is 46.4 Å². The highest BCUT2D eigenvalue weighted by Gasteiger charge is 2.27. The highest BCUT2D eigenvalue weighted by molar-refractivity contribution is 7.89. The van der Waals surface area contributed by atoms with E-state index in [9.17, 15) is 8.42 Å². The van der Waals surface area contributed by atoms with Gasteiger partial charge in [0.05, 0.1) is 14.9 Å². The number of benzene rings is 2. The summed E-state index contributed by atoms with van der Waals surface area (Å²) in [4.78, 5) is 8.15. The molecule has 0 unspecified atom stereocenters. The lowest BCUT2D eigenvalue weighted by atomic mass is 9.87. The van der Waals surface area contributed by atoms with E-state index in [4.69, 9.17) is 52.1 Å². The molecule has 11 heteroatoms. The molecule has 4 aromatic rings. The Labute approximate surface area is 281 Å². The van der Waals surface area contributed by atoms with Gasteiger partial charge in [0.1, 0.15) is 10.3 Å². The largest absolute Gasteiger partial charge is 0.327 e. The lowest BCUT2D eigenvalue weighted by molar-refractivity contribution is 0.310. The number of aryl methyl sites for hydroxylation is 1. The smallest absolute Gasteiger partial charge is 0.240 e. The van der Waals surface area contributed by atoms with Crippen LogP contribution in [0.5, 0.6) is 0 Å². The van der Waals surface area contributed by atoms with Crippen molar-refractivity contribution >= 4 is 78.0 Å². The molecule has 0 spiro atoms. The normalized spacial score (nSPS) is 22.1. The summed E-state index contributed by atoms with van der Waals surface area (Å²) in [5.41, 5.74) is 6.93. The lowest BCUT2D eigenvalue weighted by Gasteiger charge is -2.29. The van der Waals surface area contributed by atoms with Crippen molar-refractivity contribution in [3.8, 4) is 0 Å². The first-order valence-corrected chi connectivity index (χ1v) is 18.1. The molecule has 0 saturated heterocycles. The minimum atomic E-state index is -3.59. The average molecular weight is 699 g/mol. The lowest BCUT2D eigenvalue weighted by Crippen LogP contribution is -2.40. The van der Waals surface area contributed by atoms with Gasteiger partial charge in [-0.05, 0) is 62.6 Å². The average Bonchev–Trinajstić information content (AvgIpc) is 3.00. The quantitative estimate of drug-likeness (QED) is 0.208. The third-order valence-electron chi connectivity index (χ3n) is 8.61. The molecule has 0 radical (unpaired) electrons. The molecule has 2 aromatic heterocycles. The second kappa shape index (κ2) is 15.7. The number of hydrogen-bond donors (Lipinski definition) is 2. The Morgan fingerprint density at radius 1 is 0.727 bits per heavy atom. The predicted molar refractivity (Wildman–Crippen MR) is 186 cm³/mol. The minimum absolute atomic E-state index is 0.0163. The first-order chi connectivity index (χ1) is 20.9. The molecule has 6 nitrogen and oxygen atoms in total. The number of nitrogens with two attached hydrogens (primary N) is 1. The molecule has 0 bridgehead atoms. The maximum Gasteiger partial charge on any atom is 0.240 e. The Morgan fingerprint density at radius 2 is 1.25 bits per heavy atom. The molecule has 2 heterocycles. The summed E-state index contributed by atoms with van der Waals surface area (Å²) in [6.45, 7) is 6.35. The summed E-state index contributed by atoms with van der Waals surface area (Å²) in [6, 6.07) is 11.2. The van der Waals surface area contributed by atoms with Crippen LogP contribution in [0.1, 0.15) is 70.8 Å². The Kier molecular flexibility index (Phi) is 12.6. The van der Waals surface area contributed by atoms with Crippen LogP contribution in [-0.2, 0) is 10.0 Å². The number of sulfonamides is 1. The van der Waals surface area contributed by atoms with E-state index in [2.05, 4.69) is 28.5 Å². The van der Waals surface area contributed by atoms with Crippen molar-refractivity contribution in [1.29, 1.82) is 0 Å². The minimum Gasteiger partial charge on any atom is -0.327 e. The number of nitrogens with zero attached hydrogens (tertiary/aromatic N) is 2. The van der Waals surface area contributed by atoms with Gasteiger partial charge in [0, 0.05) is 46.0 Å². The van der Waals surface area contributed by atoms with Gasteiger partial charge in [-0.3, -0.25) is 0 Å². The van der Waals surface area contributed by atoms with Gasteiger partial charge in [0.15, 0.2) is 0 Å². The summed E-state index contributed by atoms with van der Waals surface area (Å²) in [6.07, 6.45) is 12.5. The first-order valence-electron chi connectivity index (χ1n) is 15.1. The van der Waals surface area contributed by atoms with E-state index in [1.165, 1.54) is 37.9 Å². The van der Waals surface area contributed by atoms with Gasteiger partial charge in [-0.15, -0.1) is 0 Å². The number of nitrogens with one attached hydrogen (secondary N) is 1. The number of fused-ring (bicyclic) bond motifs is 2. The van der Waals surface area contributed by atoms with Gasteiger partial charge >= 0.3 is 0 Å². The third kappa shape index (κ3) is 8.97. The van der Waals surface area contributed by atoms with E-state index in [1.54, 1.807) is 18.3 Å². The van der Waals surface area contributed by atoms with Gasteiger partial charge < -0.3 is 5.73 Å². The molecule has 2 saturated carbocycles. The first kappa shape index (κ1) is 35.1. The Bertz CT molecular complexity index is 1690. The van der Waals surface area contributed by atoms with Crippen LogP contribution in [0.4, 0.5) is 0 Å². The second-order valence-corrected chi connectivity index (χ2v) is 15.2. The summed E-state index contributed by atoms with van der Waals surface area (Å²) in [7, 11) is -3.59. The third-order valence-corrected chi connectivity index (χ3v) is 11.3. The summed E-state index contributed by atoms with van der Waals surface area (Å²) in [5.74, 6) is 1.13. The molecule has 0 amide bonds. The molecule has 44 heavy (non-hydrogen) atoms. The molecule has 2 aromatic carbocycles. The van der Waals surface area contributed by atoms with Crippen LogP contribution in [0.25, 0.3) is 21.5 Å². The monoisotopic (exact) mass is 696 g/mol. The second-order valence-electron chi connectivity index (χ2n) is 12.0. The van der Waals surface area contributed by atoms with E-state index >= 15 is 0 Å². The van der Waals surface area contributed by atoms with E-state index in [-0.39, 0.29) is 16.1 Å². The topological polar surface area (TPSA) is 98.0 Å². The molecular formula is C33H40Cl4N4O2S. The van der Waals surface area contributed by atoms with E-state index < -0.39 is 10.0 Å². The Hall–Kier alpha value is -1.71. The van der Waals surface area contributed by atoms with Crippen LogP contribution in [0.15, 0.2) is 53.7 Å². The number of aromatic nitrogens is 2. The number of hydrogen-bond acceptors (Lipinski definition) is 5. The van der Waals surface area contributed by atoms with Crippen LogP contribution in [0, 0.1) is 18.8 Å². The summed E-state index contributed by atoms with van der Waals surface area (Å²) >= 11 is 24.1. The van der Waals surface area contributed by atoms with Crippen LogP contribution in [0.3, 0.4) is 0 Å². The predicted octanol–water partition coefficient (Wildman–Crippen LogP) is 9.77.